The van der Waals surface area contributed by atoms with Crippen molar-refractivity contribution in [3.63, 3.8) is 0 Å². The molecule has 1 aromatic carbocycles. The minimum atomic E-state index is -1.96. The summed E-state index contributed by atoms with van der Waals surface area (Å²) in [4.78, 5) is 49.4. The van der Waals surface area contributed by atoms with E-state index in [0.29, 0.717) is 5.75 Å². The minimum Gasteiger partial charge on any atom is -0.477 e. The number of carbonyl (C=O) groups is 4. The third-order valence-electron chi connectivity index (χ3n) is 4.93. The van der Waals surface area contributed by atoms with Crippen LogP contribution in [0.15, 0.2) is 30.3 Å². The SMILES string of the molecule is O=C(Cc1ccccc1)N[C@@H]1C(=O)N2[C@@H]1CS[C@@H]1CC(=O)O[C@]12C(=O)O. The van der Waals surface area contributed by atoms with Crippen LogP contribution in [-0.4, -0.2) is 62.6 Å². The van der Waals surface area contributed by atoms with Crippen LogP contribution in [-0.2, 0) is 30.3 Å². The summed E-state index contributed by atoms with van der Waals surface area (Å²) in [6.07, 6.45) is 0.0880. The topological polar surface area (TPSA) is 113 Å². The maximum absolute atomic E-state index is 12.6. The third-order valence-corrected chi connectivity index (χ3v) is 6.36. The van der Waals surface area contributed by atoms with E-state index in [1.807, 2.05) is 30.3 Å². The summed E-state index contributed by atoms with van der Waals surface area (Å²) in [5.74, 6) is -2.38. The average molecular weight is 376 g/mol. The molecule has 8 nitrogen and oxygen atoms in total. The lowest BCUT2D eigenvalue weighted by Crippen LogP contribution is -2.82. The second kappa shape index (κ2) is 6.01. The van der Waals surface area contributed by atoms with Gasteiger partial charge in [0.15, 0.2) is 0 Å². The van der Waals surface area contributed by atoms with E-state index < -0.39 is 40.9 Å². The Morgan fingerprint density at radius 2 is 2.04 bits per heavy atom. The lowest BCUT2D eigenvalue weighted by Gasteiger charge is -2.56. The first kappa shape index (κ1) is 16.9. The number of carboxylic acids is 1. The lowest BCUT2D eigenvalue weighted by atomic mass is 9.89. The number of fused-ring (bicyclic) bond motifs is 3. The highest BCUT2D eigenvalue weighted by atomic mass is 32.2. The number of rotatable bonds is 4. The molecule has 0 spiro atoms. The summed E-state index contributed by atoms with van der Waals surface area (Å²) in [6, 6.07) is 7.81. The van der Waals surface area contributed by atoms with E-state index in [4.69, 9.17) is 4.74 Å². The molecule has 0 unspecified atom stereocenters. The first-order valence-electron chi connectivity index (χ1n) is 8.17. The Labute approximate surface area is 152 Å². The maximum Gasteiger partial charge on any atom is 0.371 e. The first-order chi connectivity index (χ1) is 12.4. The third kappa shape index (κ3) is 2.38. The van der Waals surface area contributed by atoms with Gasteiger partial charge >= 0.3 is 11.9 Å². The Hall–Kier alpha value is -2.55. The zero-order valence-electron chi connectivity index (χ0n) is 13.6. The summed E-state index contributed by atoms with van der Waals surface area (Å²) in [7, 11) is 0. The fourth-order valence-electron chi connectivity index (χ4n) is 3.74. The molecule has 0 saturated carbocycles. The molecule has 0 radical (unpaired) electrons. The van der Waals surface area contributed by atoms with E-state index in [1.54, 1.807) is 0 Å². The van der Waals surface area contributed by atoms with Crippen LogP contribution in [0.4, 0.5) is 0 Å². The maximum atomic E-state index is 12.6. The molecule has 1 aromatic rings. The Balaban J connectivity index is 1.49. The molecule has 0 aliphatic carbocycles. The zero-order valence-corrected chi connectivity index (χ0v) is 14.4. The number of hydrogen-bond acceptors (Lipinski definition) is 6. The molecule has 0 bridgehead atoms. The summed E-state index contributed by atoms with van der Waals surface area (Å²) >= 11 is 1.29. The Morgan fingerprint density at radius 3 is 2.73 bits per heavy atom. The number of amides is 2. The Bertz CT molecular complexity index is 800. The zero-order chi connectivity index (χ0) is 18.5. The van der Waals surface area contributed by atoms with Crippen molar-refractivity contribution in [2.24, 2.45) is 0 Å². The number of hydrogen-bond donors (Lipinski definition) is 2. The standard InChI is InChI=1S/C17H16N2O6S/c20-12(6-9-4-2-1-3-5-9)18-14-10-8-26-11-7-13(21)25-17(11,16(23)24)19(10)15(14)22/h1-5,10-11,14H,6-8H2,(H,18,20)(H,23,24)/t10-,11-,14+,17+/m1/s1. The molecule has 9 heteroatoms. The quantitative estimate of drug-likeness (QED) is 0.551. The summed E-state index contributed by atoms with van der Waals surface area (Å²) < 4.78 is 5.10. The summed E-state index contributed by atoms with van der Waals surface area (Å²) in [5.41, 5.74) is -1.14. The number of thioether (sulfide) groups is 1. The number of benzene rings is 1. The monoisotopic (exact) mass is 376 g/mol. The molecule has 3 fully saturated rings. The van der Waals surface area contributed by atoms with Crippen molar-refractivity contribution in [2.45, 2.75) is 35.9 Å². The van der Waals surface area contributed by atoms with Crippen LogP contribution in [0.3, 0.4) is 0 Å². The van der Waals surface area contributed by atoms with Gasteiger partial charge in [0.1, 0.15) is 6.04 Å². The van der Waals surface area contributed by atoms with Crippen molar-refractivity contribution in [3.8, 4) is 0 Å². The molecule has 3 aliphatic rings. The number of carbonyl (C=O) groups excluding carboxylic acids is 3. The highest BCUT2D eigenvalue weighted by Gasteiger charge is 2.71. The molecular weight excluding hydrogens is 360 g/mol. The van der Waals surface area contributed by atoms with E-state index in [2.05, 4.69) is 5.32 Å². The molecule has 26 heavy (non-hydrogen) atoms. The van der Waals surface area contributed by atoms with E-state index in [-0.39, 0.29) is 18.7 Å². The van der Waals surface area contributed by atoms with Gasteiger partial charge < -0.3 is 15.2 Å². The lowest BCUT2D eigenvalue weighted by molar-refractivity contribution is -0.213. The molecule has 136 valence electrons. The number of carboxylic acid groups (broad SMARTS) is 1. The molecule has 3 aliphatic heterocycles. The smallest absolute Gasteiger partial charge is 0.371 e. The number of ether oxygens (including phenoxy) is 1. The van der Waals surface area contributed by atoms with Crippen LogP contribution in [0, 0.1) is 0 Å². The van der Waals surface area contributed by atoms with Gasteiger partial charge in [-0.1, -0.05) is 30.3 Å². The second-order valence-corrected chi connectivity index (χ2v) is 7.72. The molecule has 0 aromatic heterocycles. The van der Waals surface area contributed by atoms with E-state index in [1.165, 1.54) is 11.8 Å². The molecule has 3 saturated heterocycles. The van der Waals surface area contributed by atoms with Gasteiger partial charge in [0.2, 0.25) is 5.91 Å². The van der Waals surface area contributed by atoms with Gasteiger partial charge in [-0.15, -0.1) is 11.8 Å². The van der Waals surface area contributed by atoms with Crippen molar-refractivity contribution in [1.29, 1.82) is 0 Å². The van der Waals surface area contributed by atoms with Gasteiger partial charge in [-0.25, -0.2) is 4.79 Å². The normalized spacial score (nSPS) is 32.2. The van der Waals surface area contributed by atoms with Crippen LogP contribution in [0.2, 0.25) is 0 Å². The Kier molecular flexibility index (Phi) is 3.91. The number of nitrogens with one attached hydrogen (secondary N) is 1. The van der Waals surface area contributed by atoms with E-state index >= 15 is 0 Å². The van der Waals surface area contributed by atoms with Crippen molar-refractivity contribution in [3.05, 3.63) is 35.9 Å². The van der Waals surface area contributed by atoms with Crippen molar-refractivity contribution >= 4 is 35.5 Å². The van der Waals surface area contributed by atoms with Gasteiger partial charge in [-0.2, -0.15) is 0 Å². The predicted octanol–water partition coefficient (Wildman–Crippen LogP) is -0.232. The predicted molar refractivity (Wildman–Crippen MR) is 90.0 cm³/mol. The van der Waals surface area contributed by atoms with Gasteiger partial charge in [-0.05, 0) is 5.56 Å². The van der Waals surface area contributed by atoms with Crippen LogP contribution in [0.5, 0.6) is 0 Å². The highest BCUT2D eigenvalue weighted by Crippen LogP contribution is 2.49. The van der Waals surface area contributed by atoms with Gasteiger partial charge in [0, 0.05) is 5.75 Å². The molecule has 2 N–H and O–H groups in total. The Morgan fingerprint density at radius 1 is 1.31 bits per heavy atom. The average Bonchev–Trinajstić information content (AvgIpc) is 2.96. The fourth-order valence-corrected chi connectivity index (χ4v) is 5.25. The number of β-lactam (4-membered cyclic amide) rings is 1. The van der Waals surface area contributed by atoms with Gasteiger partial charge in [0.05, 0.1) is 24.1 Å². The second-order valence-electron chi connectivity index (χ2n) is 6.48. The summed E-state index contributed by atoms with van der Waals surface area (Å²) in [5, 5.41) is 11.7. The molecule has 3 heterocycles. The number of aliphatic carboxylic acids is 1. The summed E-state index contributed by atoms with van der Waals surface area (Å²) in [6.45, 7) is 0. The van der Waals surface area contributed by atoms with Gasteiger partial charge in [0.25, 0.3) is 11.6 Å². The van der Waals surface area contributed by atoms with E-state index in [0.717, 1.165) is 10.5 Å². The number of nitrogens with zero attached hydrogens (tertiary/aromatic N) is 1. The van der Waals surface area contributed by atoms with Crippen LogP contribution in [0.25, 0.3) is 0 Å². The molecule has 4 atom stereocenters. The minimum absolute atomic E-state index is 0.0432. The fraction of sp³-hybridized carbons (Fsp3) is 0.412. The van der Waals surface area contributed by atoms with Gasteiger partial charge in [-0.3, -0.25) is 19.3 Å². The molecule has 4 rings (SSSR count). The van der Waals surface area contributed by atoms with Crippen molar-refractivity contribution in [1.82, 2.24) is 10.2 Å². The molecule has 2 amide bonds. The first-order valence-corrected chi connectivity index (χ1v) is 9.21. The van der Waals surface area contributed by atoms with Crippen LogP contribution in [0.1, 0.15) is 12.0 Å². The van der Waals surface area contributed by atoms with E-state index in [9.17, 15) is 24.3 Å². The highest BCUT2D eigenvalue weighted by molar-refractivity contribution is 8.00. The van der Waals surface area contributed by atoms with Crippen LogP contribution >= 0.6 is 11.8 Å². The molecular formula is C17H16N2O6S. The van der Waals surface area contributed by atoms with Crippen molar-refractivity contribution < 1.29 is 29.0 Å². The number of esters is 1. The largest absolute Gasteiger partial charge is 0.477 e. The van der Waals surface area contributed by atoms with Crippen molar-refractivity contribution in [2.75, 3.05) is 5.75 Å². The van der Waals surface area contributed by atoms with Crippen LogP contribution < -0.4 is 5.32 Å².